The van der Waals surface area contributed by atoms with Gasteiger partial charge in [-0.3, -0.25) is 14.4 Å². The molecule has 0 radical (unpaired) electrons. The summed E-state index contributed by atoms with van der Waals surface area (Å²) in [6, 6.07) is 9.98. The van der Waals surface area contributed by atoms with Gasteiger partial charge in [-0.15, -0.1) is 0 Å². The molecule has 0 saturated carbocycles. The summed E-state index contributed by atoms with van der Waals surface area (Å²) in [6.07, 6.45) is 1.57. The lowest BCUT2D eigenvalue weighted by Gasteiger charge is -2.48. The number of aliphatic carboxylic acids is 1. The first-order valence-electron chi connectivity index (χ1n) is 14.4. The molecule has 2 N–H and O–H groups in total. The Labute approximate surface area is 264 Å². The molecule has 2 aromatic rings. The average molecular weight is 667 g/mol. The lowest BCUT2D eigenvalue weighted by atomic mass is 9.63. The summed E-state index contributed by atoms with van der Waals surface area (Å²) in [5.41, 5.74) is 3.14. The van der Waals surface area contributed by atoms with Crippen molar-refractivity contribution in [3.8, 4) is 11.5 Å². The summed E-state index contributed by atoms with van der Waals surface area (Å²) in [5.74, 6) is -2.11. The monoisotopic (exact) mass is 665 g/mol. The van der Waals surface area contributed by atoms with E-state index < -0.39 is 17.9 Å². The quantitative estimate of drug-likeness (QED) is 0.324. The van der Waals surface area contributed by atoms with E-state index in [2.05, 4.69) is 15.9 Å². The maximum absolute atomic E-state index is 13.9. The third-order valence-electron chi connectivity index (χ3n) is 8.48. The van der Waals surface area contributed by atoms with Crippen LogP contribution in [0.5, 0.6) is 11.5 Å². The molecule has 232 valence electrons. The van der Waals surface area contributed by atoms with Crippen molar-refractivity contribution in [2.24, 2.45) is 10.8 Å². The fourth-order valence-electron chi connectivity index (χ4n) is 6.65. The highest BCUT2D eigenvalue weighted by Crippen LogP contribution is 2.55. The summed E-state index contributed by atoms with van der Waals surface area (Å²) < 4.78 is 12.4. The summed E-state index contributed by atoms with van der Waals surface area (Å²) >= 11 is 3.62. The number of benzene rings is 2. The fraction of sp³-hybridized carbons (Fsp3) is 0.412. The number of Topliss-reactive ketones (excluding diaryl/α,β-unsaturated/α-hetero) is 2. The highest BCUT2D eigenvalue weighted by molar-refractivity contribution is 9.10. The van der Waals surface area contributed by atoms with E-state index in [0.29, 0.717) is 56.9 Å². The number of hydrogen-bond donors (Lipinski definition) is 2. The summed E-state index contributed by atoms with van der Waals surface area (Å²) in [7, 11) is 1.51. The van der Waals surface area contributed by atoms with Crippen molar-refractivity contribution in [3.63, 3.8) is 0 Å². The van der Waals surface area contributed by atoms with Gasteiger partial charge in [0.25, 0.3) is 0 Å². The van der Waals surface area contributed by atoms with Crippen LogP contribution in [0, 0.1) is 10.8 Å². The molecule has 2 aliphatic carbocycles. The van der Waals surface area contributed by atoms with Gasteiger partial charge in [-0.2, -0.15) is 0 Å². The van der Waals surface area contributed by atoms with Gasteiger partial charge in [0.1, 0.15) is 13.2 Å². The number of ether oxygens (including phenoxy) is 2. The second-order valence-corrected chi connectivity index (χ2v) is 14.2. The van der Waals surface area contributed by atoms with Gasteiger partial charge in [-0.05, 0) is 75.0 Å². The van der Waals surface area contributed by atoms with Gasteiger partial charge >= 0.3 is 11.9 Å². The van der Waals surface area contributed by atoms with Crippen molar-refractivity contribution in [3.05, 3.63) is 80.1 Å². The molecule has 0 aromatic heterocycles. The number of allylic oxidation sites excluding steroid dienone is 4. The van der Waals surface area contributed by atoms with Gasteiger partial charge < -0.3 is 24.6 Å². The van der Waals surface area contributed by atoms with Gasteiger partial charge in [0, 0.05) is 41.3 Å². The van der Waals surface area contributed by atoms with Crippen LogP contribution < -0.4 is 9.47 Å². The first-order chi connectivity index (χ1) is 20.6. The first-order valence-corrected chi connectivity index (χ1v) is 15.2. The number of carbonyl (C=O) groups excluding carboxylic acids is 2. The van der Waals surface area contributed by atoms with Crippen molar-refractivity contribution in [2.45, 2.75) is 65.9 Å². The minimum Gasteiger partial charge on any atom is -0.493 e. The summed E-state index contributed by atoms with van der Waals surface area (Å²) in [4.78, 5) is 52.9. The molecule has 0 fully saturated rings. The second kappa shape index (κ2) is 11.5. The van der Waals surface area contributed by atoms with Crippen LogP contribution >= 0.6 is 15.9 Å². The molecular formula is C34H36BrNO8. The number of nitrogens with zero attached hydrogens (tertiary/aromatic N) is 1. The molecule has 9 nitrogen and oxygen atoms in total. The molecule has 0 bridgehead atoms. The number of carbonyl (C=O) groups is 4. The maximum atomic E-state index is 13.9. The van der Waals surface area contributed by atoms with Crippen molar-refractivity contribution >= 4 is 39.4 Å². The minimum atomic E-state index is -1.03. The zero-order chi connectivity index (χ0) is 32.1. The van der Waals surface area contributed by atoms with Gasteiger partial charge in [-0.1, -0.05) is 39.8 Å². The maximum Gasteiger partial charge on any atom is 0.335 e. The van der Waals surface area contributed by atoms with E-state index in [9.17, 15) is 29.4 Å². The number of methoxy groups -OCH3 is 1. The molecule has 5 rings (SSSR count). The van der Waals surface area contributed by atoms with E-state index in [-0.39, 0.29) is 54.0 Å². The third-order valence-corrected chi connectivity index (χ3v) is 9.07. The number of carboxylic acid groups (broad SMARTS) is 2. The van der Waals surface area contributed by atoms with E-state index in [1.54, 1.807) is 23.1 Å². The molecule has 0 spiro atoms. The Bertz CT molecular complexity index is 1580. The number of carboxylic acids is 2. The van der Waals surface area contributed by atoms with Crippen LogP contribution in [0.25, 0.3) is 0 Å². The highest BCUT2D eigenvalue weighted by atomic mass is 79.9. The van der Waals surface area contributed by atoms with Gasteiger partial charge in [0.05, 0.1) is 17.1 Å². The highest BCUT2D eigenvalue weighted by Gasteiger charge is 2.49. The molecule has 0 unspecified atom stereocenters. The van der Waals surface area contributed by atoms with Crippen molar-refractivity contribution in [1.29, 1.82) is 0 Å². The van der Waals surface area contributed by atoms with Crippen LogP contribution in [0.1, 0.15) is 80.8 Å². The Balaban J connectivity index is 1.62. The van der Waals surface area contributed by atoms with E-state index >= 15 is 0 Å². The molecule has 3 aliphatic rings. The Kier molecular flexibility index (Phi) is 8.26. The predicted octanol–water partition coefficient (Wildman–Crippen LogP) is 6.51. The first kappa shape index (κ1) is 31.5. The van der Waals surface area contributed by atoms with Crippen molar-refractivity contribution in [2.75, 3.05) is 13.7 Å². The fourth-order valence-corrected chi connectivity index (χ4v) is 7.23. The molecule has 1 heterocycles. The minimum absolute atomic E-state index is 0.0963. The summed E-state index contributed by atoms with van der Waals surface area (Å²) in [6.45, 7) is 7.83. The molecule has 2 aromatic carbocycles. The topological polar surface area (TPSA) is 130 Å². The Hall–Kier alpha value is -3.92. The average Bonchev–Trinajstić information content (AvgIpc) is 2.91. The molecule has 1 aliphatic heterocycles. The Morgan fingerprint density at radius 1 is 0.909 bits per heavy atom. The zero-order valence-electron chi connectivity index (χ0n) is 25.5. The predicted molar refractivity (Wildman–Crippen MR) is 166 cm³/mol. The van der Waals surface area contributed by atoms with E-state index in [0.717, 1.165) is 5.56 Å². The molecular weight excluding hydrogens is 630 g/mol. The summed E-state index contributed by atoms with van der Waals surface area (Å²) in [5, 5.41) is 19.1. The van der Waals surface area contributed by atoms with Crippen LogP contribution in [0.4, 0.5) is 0 Å². The van der Waals surface area contributed by atoms with Crippen LogP contribution in [0.2, 0.25) is 0 Å². The molecule has 0 amide bonds. The zero-order valence-corrected chi connectivity index (χ0v) is 27.0. The normalized spacial score (nSPS) is 19.5. The SMILES string of the molecule is COc1cc(C2C3=C(CC(C)(C)CC3=O)N(CC(=O)O)C3=C2C(=O)CC(C)(C)C3)cc(Br)c1OCc1ccc(C(=O)O)cc1. The smallest absolute Gasteiger partial charge is 0.335 e. The molecule has 0 saturated heterocycles. The second-order valence-electron chi connectivity index (χ2n) is 13.3. The number of ketones is 2. The largest absolute Gasteiger partial charge is 0.493 e. The molecule has 44 heavy (non-hydrogen) atoms. The lowest BCUT2D eigenvalue weighted by molar-refractivity contribution is -0.138. The Morgan fingerprint density at radius 3 is 1.93 bits per heavy atom. The third kappa shape index (κ3) is 6.04. The standard InChI is InChI=1S/C34H36BrNO8/c1-33(2)12-22-29(24(37)14-33)28(30-23(36(22)16-27(39)40)13-34(3,4)15-25(30)38)20-10-21(35)31(26(11-20)43-5)44-17-18-6-8-19(9-7-18)32(41)42/h6-11,28H,12-17H2,1-5H3,(H,39,40)(H,41,42). The number of halogens is 1. The van der Waals surface area contributed by atoms with Gasteiger partial charge in [0.2, 0.25) is 0 Å². The van der Waals surface area contributed by atoms with Crippen molar-refractivity contribution in [1.82, 2.24) is 4.90 Å². The van der Waals surface area contributed by atoms with Crippen LogP contribution in [-0.2, 0) is 21.0 Å². The lowest BCUT2D eigenvalue weighted by Crippen LogP contribution is -2.45. The van der Waals surface area contributed by atoms with E-state index in [4.69, 9.17) is 9.47 Å². The van der Waals surface area contributed by atoms with E-state index in [1.165, 1.54) is 19.2 Å². The number of rotatable bonds is 8. The van der Waals surface area contributed by atoms with Crippen LogP contribution in [-0.4, -0.2) is 52.3 Å². The van der Waals surface area contributed by atoms with E-state index in [1.807, 2.05) is 33.8 Å². The Morgan fingerprint density at radius 2 is 1.45 bits per heavy atom. The van der Waals surface area contributed by atoms with Crippen LogP contribution in [0.15, 0.2) is 63.4 Å². The van der Waals surface area contributed by atoms with Crippen molar-refractivity contribution < 1.29 is 38.9 Å². The molecule has 10 heteroatoms. The number of aromatic carboxylic acids is 1. The van der Waals surface area contributed by atoms with Crippen LogP contribution in [0.3, 0.4) is 0 Å². The number of hydrogen-bond acceptors (Lipinski definition) is 7. The molecule has 0 atom stereocenters. The van der Waals surface area contributed by atoms with Gasteiger partial charge in [0.15, 0.2) is 23.1 Å². The van der Waals surface area contributed by atoms with Gasteiger partial charge in [-0.25, -0.2) is 4.79 Å².